The van der Waals surface area contributed by atoms with Gasteiger partial charge >= 0.3 is 0 Å². The fourth-order valence-electron chi connectivity index (χ4n) is 1.83. The summed E-state index contributed by atoms with van der Waals surface area (Å²) in [6.45, 7) is 1.77. The van der Waals surface area contributed by atoms with Crippen molar-refractivity contribution in [3.8, 4) is 0 Å². The molecular formula is C14H10BrCl2F2N. The molecule has 0 spiro atoms. The van der Waals surface area contributed by atoms with Crippen LogP contribution < -0.4 is 5.32 Å². The largest absolute Gasteiger partial charge is 0.376 e. The Kier molecular flexibility index (Phi) is 4.89. The van der Waals surface area contributed by atoms with Gasteiger partial charge in [0.25, 0.3) is 0 Å². The van der Waals surface area contributed by atoms with Crippen LogP contribution in [-0.4, -0.2) is 0 Å². The van der Waals surface area contributed by atoms with Gasteiger partial charge in [-0.05, 0) is 31.2 Å². The third kappa shape index (κ3) is 3.43. The van der Waals surface area contributed by atoms with Crippen LogP contribution in [0.4, 0.5) is 14.5 Å². The molecule has 0 saturated heterocycles. The minimum Gasteiger partial charge on any atom is -0.376 e. The smallest absolute Gasteiger partial charge is 0.129 e. The Labute approximate surface area is 134 Å². The van der Waals surface area contributed by atoms with E-state index in [1.54, 1.807) is 19.1 Å². The van der Waals surface area contributed by atoms with Crippen molar-refractivity contribution >= 4 is 44.8 Å². The van der Waals surface area contributed by atoms with Crippen LogP contribution in [0.25, 0.3) is 0 Å². The van der Waals surface area contributed by atoms with Crippen molar-refractivity contribution in [1.29, 1.82) is 0 Å². The summed E-state index contributed by atoms with van der Waals surface area (Å²) in [5, 5.41) is 3.30. The van der Waals surface area contributed by atoms with Crippen LogP contribution in [0.1, 0.15) is 18.5 Å². The first-order chi connectivity index (χ1) is 9.38. The normalized spacial score (nSPS) is 12.3. The van der Waals surface area contributed by atoms with E-state index in [4.69, 9.17) is 23.2 Å². The molecule has 0 saturated carbocycles. The van der Waals surface area contributed by atoms with Gasteiger partial charge in [0.05, 0.1) is 21.8 Å². The van der Waals surface area contributed by atoms with Gasteiger partial charge in [-0.3, -0.25) is 0 Å². The highest BCUT2D eigenvalue weighted by Crippen LogP contribution is 2.34. The number of hydrogen-bond acceptors (Lipinski definition) is 1. The molecule has 0 aliphatic rings. The first kappa shape index (κ1) is 15.5. The molecule has 0 amide bonds. The predicted octanol–water partition coefficient (Wildman–Crippen LogP) is 6.21. The first-order valence-electron chi connectivity index (χ1n) is 5.74. The van der Waals surface area contributed by atoms with Gasteiger partial charge in [0, 0.05) is 10.0 Å². The Hall–Kier alpha value is -0.840. The molecule has 20 heavy (non-hydrogen) atoms. The van der Waals surface area contributed by atoms with Crippen molar-refractivity contribution in [3.05, 3.63) is 62.0 Å². The summed E-state index contributed by atoms with van der Waals surface area (Å²) in [6, 6.07) is 6.71. The number of rotatable bonds is 3. The summed E-state index contributed by atoms with van der Waals surface area (Å²) >= 11 is 15.1. The lowest BCUT2D eigenvalue weighted by molar-refractivity contribution is 0.599. The molecule has 2 rings (SSSR count). The molecule has 0 radical (unpaired) electrons. The average Bonchev–Trinajstić information content (AvgIpc) is 2.33. The number of anilines is 1. The molecule has 106 valence electrons. The molecule has 0 heterocycles. The van der Waals surface area contributed by atoms with Crippen LogP contribution in [0.3, 0.4) is 0 Å². The van der Waals surface area contributed by atoms with E-state index in [1.807, 2.05) is 0 Å². The van der Waals surface area contributed by atoms with Gasteiger partial charge in [-0.2, -0.15) is 0 Å². The summed E-state index contributed by atoms with van der Waals surface area (Å²) in [4.78, 5) is 0. The van der Waals surface area contributed by atoms with Crippen LogP contribution >= 0.6 is 39.1 Å². The summed E-state index contributed by atoms with van der Waals surface area (Å²) in [6.07, 6.45) is 0. The SMILES string of the molecule is CC(Nc1c(Cl)cc(F)cc1Cl)c1ccc(Br)cc1F. The summed E-state index contributed by atoms with van der Waals surface area (Å²) in [5.74, 6) is -0.873. The van der Waals surface area contributed by atoms with E-state index in [9.17, 15) is 8.78 Å². The summed E-state index contributed by atoms with van der Waals surface area (Å²) in [5.41, 5.74) is 0.842. The zero-order valence-corrected chi connectivity index (χ0v) is 13.5. The molecule has 0 aliphatic carbocycles. The standard InChI is InChI=1S/C14H10BrCl2F2N/c1-7(10-3-2-8(15)4-13(10)19)20-14-11(16)5-9(18)6-12(14)17/h2-7,20H,1H3. The molecule has 2 aromatic carbocycles. The minimum absolute atomic E-state index is 0.152. The minimum atomic E-state index is -0.520. The van der Waals surface area contributed by atoms with Crippen LogP contribution in [0.5, 0.6) is 0 Å². The highest BCUT2D eigenvalue weighted by atomic mass is 79.9. The van der Waals surface area contributed by atoms with Crippen molar-refractivity contribution in [2.24, 2.45) is 0 Å². The van der Waals surface area contributed by atoms with E-state index >= 15 is 0 Å². The molecule has 0 bridgehead atoms. The van der Waals surface area contributed by atoms with Gasteiger partial charge in [0.1, 0.15) is 11.6 Å². The van der Waals surface area contributed by atoms with E-state index in [0.717, 1.165) is 12.1 Å². The lowest BCUT2D eigenvalue weighted by Gasteiger charge is -2.18. The van der Waals surface area contributed by atoms with Crippen molar-refractivity contribution in [3.63, 3.8) is 0 Å². The number of benzene rings is 2. The van der Waals surface area contributed by atoms with Gasteiger partial charge in [0.15, 0.2) is 0 Å². The molecule has 6 heteroatoms. The maximum absolute atomic E-state index is 13.9. The van der Waals surface area contributed by atoms with Gasteiger partial charge in [-0.25, -0.2) is 8.78 Å². The maximum atomic E-state index is 13.9. The Bertz CT molecular complexity index is 626. The quantitative estimate of drug-likeness (QED) is 0.667. The van der Waals surface area contributed by atoms with E-state index in [1.165, 1.54) is 6.07 Å². The van der Waals surface area contributed by atoms with Gasteiger partial charge < -0.3 is 5.32 Å². The molecule has 0 aromatic heterocycles. The Balaban J connectivity index is 2.30. The second-order valence-electron chi connectivity index (χ2n) is 4.28. The molecular weight excluding hydrogens is 371 g/mol. The van der Waals surface area contributed by atoms with Crippen molar-refractivity contribution in [2.45, 2.75) is 13.0 Å². The second kappa shape index (κ2) is 6.29. The maximum Gasteiger partial charge on any atom is 0.129 e. The highest BCUT2D eigenvalue weighted by molar-refractivity contribution is 9.10. The van der Waals surface area contributed by atoms with E-state index in [-0.39, 0.29) is 21.9 Å². The second-order valence-corrected chi connectivity index (χ2v) is 6.01. The van der Waals surface area contributed by atoms with Crippen LogP contribution in [0.2, 0.25) is 10.0 Å². The van der Waals surface area contributed by atoms with Crippen LogP contribution in [0, 0.1) is 11.6 Å². The Morgan fingerprint density at radius 2 is 1.70 bits per heavy atom. The predicted molar refractivity (Wildman–Crippen MR) is 82.6 cm³/mol. The molecule has 2 aromatic rings. The molecule has 1 nitrogen and oxygen atoms in total. The zero-order chi connectivity index (χ0) is 14.9. The molecule has 1 N–H and O–H groups in total. The van der Waals surface area contributed by atoms with E-state index < -0.39 is 5.82 Å². The Morgan fingerprint density at radius 3 is 2.25 bits per heavy atom. The van der Waals surface area contributed by atoms with Crippen molar-refractivity contribution in [2.75, 3.05) is 5.32 Å². The molecule has 1 atom stereocenters. The summed E-state index contributed by atoms with van der Waals surface area (Å²) < 4.78 is 27.6. The number of nitrogens with one attached hydrogen (secondary N) is 1. The third-order valence-electron chi connectivity index (χ3n) is 2.80. The lowest BCUT2D eigenvalue weighted by Crippen LogP contribution is -2.09. The van der Waals surface area contributed by atoms with Crippen molar-refractivity contribution in [1.82, 2.24) is 0 Å². The number of halogens is 5. The average molecular weight is 381 g/mol. The van der Waals surface area contributed by atoms with Crippen molar-refractivity contribution < 1.29 is 8.78 Å². The van der Waals surface area contributed by atoms with Gasteiger partial charge in [-0.15, -0.1) is 0 Å². The Morgan fingerprint density at radius 1 is 1.10 bits per heavy atom. The van der Waals surface area contributed by atoms with Crippen LogP contribution in [0.15, 0.2) is 34.8 Å². The summed E-state index contributed by atoms with van der Waals surface area (Å²) in [7, 11) is 0. The van der Waals surface area contributed by atoms with E-state index in [2.05, 4.69) is 21.2 Å². The zero-order valence-electron chi connectivity index (χ0n) is 10.4. The third-order valence-corrected chi connectivity index (χ3v) is 3.89. The molecule has 1 unspecified atom stereocenters. The molecule has 0 fully saturated rings. The number of hydrogen-bond donors (Lipinski definition) is 1. The topological polar surface area (TPSA) is 12.0 Å². The fourth-order valence-corrected chi connectivity index (χ4v) is 2.73. The molecule has 0 aliphatic heterocycles. The van der Waals surface area contributed by atoms with E-state index in [0.29, 0.717) is 15.7 Å². The first-order valence-corrected chi connectivity index (χ1v) is 7.29. The monoisotopic (exact) mass is 379 g/mol. The highest BCUT2D eigenvalue weighted by Gasteiger charge is 2.15. The van der Waals surface area contributed by atoms with Gasteiger partial charge in [0.2, 0.25) is 0 Å². The van der Waals surface area contributed by atoms with Gasteiger partial charge in [-0.1, -0.05) is 45.2 Å². The lowest BCUT2D eigenvalue weighted by atomic mass is 10.1. The van der Waals surface area contributed by atoms with Crippen LogP contribution in [-0.2, 0) is 0 Å². The fraction of sp³-hybridized carbons (Fsp3) is 0.143.